The van der Waals surface area contributed by atoms with Crippen LogP contribution < -0.4 is 0 Å². The van der Waals surface area contributed by atoms with Gasteiger partial charge in [-0.05, 0) is 23.3 Å². The molecule has 2 aromatic carbocycles. The lowest BCUT2D eigenvalue weighted by Crippen LogP contribution is -2.30. The fourth-order valence-corrected chi connectivity index (χ4v) is 3.82. The summed E-state index contributed by atoms with van der Waals surface area (Å²) < 4.78 is 26.2. The zero-order valence-electron chi connectivity index (χ0n) is 12.8. The predicted molar refractivity (Wildman–Crippen MR) is 87.1 cm³/mol. The second kappa shape index (κ2) is 7.05. The molecule has 2 rings (SSSR count). The van der Waals surface area contributed by atoms with Gasteiger partial charge in [-0.3, -0.25) is 0 Å². The standard InChI is InChI=1S/C17H21NO3S/c1-3-18(4-2)22(20,21)16-12-10-15(11-13-16)17(19)14-8-6-5-7-9-14/h5-13,17,19H,3-4H2,1-2H3/t17-/m1/s1. The maximum Gasteiger partial charge on any atom is 0.243 e. The van der Waals surface area contributed by atoms with Crippen LogP contribution in [0.1, 0.15) is 31.1 Å². The summed E-state index contributed by atoms with van der Waals surface area (Å²) >= 11 is 0. The summed E-state index contributed by atoms with van der Waals surface area (Å²) in [6.07, 6.45) is -0.758. The van der Waals surface area contributed by atoms with Gasteiger partial charge in [0.05, 0.1) is 4.90 Å². The molecule has 1 N–H and O–H groups in total. The van der Waals surface area contributed by atoms with Crippen molar-refractivity contribution in [3.05, 3.63) is 65.7 Å². The topological polar surface area (TPSA) is 57.6 Å². The summed E-state index contributed by atoms with van der Waals surface area (Å²) in [7, 11) is -3.46. The van der Waals surface area contributed by atoms with E-state index in [-0.39, 0.29) is 4.90 Å². The molecule has 0 aromatic heterocycles. The quantitative estimate of drug-likeness (QED) is 0.891. The largest absolute Gasteiger partial charge is 0.384 e. The summed E-state index contributed by atoms with van der Waals surface area (Å²) in [5.41, 5.74) is 1.45. The van der Waals surface area contributed by atoms with Crippen LogP contribution in [0.2, 0.25) is 0 Å². The molecule has 0 unspecified atom stereocenters. The van der Waals surface area contributed by atoms with Crippen LogP contribution in [-0.2, 0) is 10.0 Å². The van der Waals surface area contributed by atoms with Crippen molar-refractivity contribution in [1.29, 1.82) is 0 Å². The van der Waals surface area contributed by atoms with E-state index in [1.54, 1.807) is 24.3 Å². The average molecular weight is 319 g/mol. The van der Waals surface area contributed by atoms with Gasteiger partial charge < -0.3 is 5.11 Å². The summed E-state index contributed by atoms with van der Waals surface area (Å²) in [6, 6.07) is 15.7. The minimum absolute atomic E-state index is 0.250. The molecule has 0 fully saturated rings. The predicted octanol–water partition coefficient (Wildman–Crippen LogP) is 2.80. The molecular formula is C17H21NO3S. The van der Waals surface area contributed by atoms with Gasteiger partial charge in [0.1, 0.15) is 6.10 Å². The third kappa shape index (κ3) is 3.38. The average Bonchev–Trinajstić information content (AvgIpc) is 2.56. The molecule has 0 radical (unpaired) electrons. The van der Waals surface area contributed by atoms with E-state index in [2.05, 4.69) is 0 Å². The first kappa shape index (κ1) is 16.7. The lowest BCUT2D eigenvalue weighted by molar-refractivity contribution is 0.220. The number of aliphatic hydroxyl groups is 1. The molecule has 0 saturated carbocycles. The molecule has 0 aliphatic carbocycles. The summed E-state index contributed by atoms with van der Waals surface area (Å²) in [6.45, 7) is 4.50. The van der Waals surface area contributed by atoms with Gasteiger partial charge in [-0.1, -0.05) is 56.3 Å². The monoisotopic (exact) mass is 319 g/mol. The normalized spacial score (nSPS) is 13.3. The van der Waals surface area contributed by atoms with E-state index in [4.69, 9.17) is 0 Å². The molecule has 1 atom stereocenters. The van der Waals surface area contributed by atoms with E-state index in [0.29, 0.717) is 18.7 Å². The van der Waals surface area contributed by atoms with E-state index in [0.717, 1.165) is 5.56 Å². The van der Waals surface area contributed by atoms with Crippen LogP contribution in [0, 0.1) is 0 Å². The molecule has 0 spiro atoms. The van der Waals surface area contributed by atoms with Crippen molar-refractivity contribution in [2.45, 2.75) is 24.8 Å². The fourth-order valence-electron chi connectivity index (χ4n) is 2.36. The van der Waals surface area contributed by atoms with Gasteiger partial charge in [-0.25, -0.2) is 8.42 Å². The van der Waals surface area contributed by atoms with Crippen LogP contribution >= 0.6 is 0 Å². The van der Waals surface area contributed by atoms with Gasteiger partial charge in [0.15, 0.2) is 0 Å². The number of benzene rings is 2. The van der Waals surface area contributed by atoms with E-state index in [9.17, 15) is 13.5 Å². The Morgan fingerprint density at radius 2 is 1.41 bits per heavy atom. The van der Waals surface area contributed by atoms with E-state index in [1.807, 2.05) is 44.2 Å². The minimum atomic E-state index is -3.46. The Balaban J connectivity index is 2.28. The number of aliphatic hydroxyl groups excluding tert-OH is 1. The molecule has 0 aliphatic heterocycles. The van der Waals surface area contributed by atoms with Crippen molar-refractivity contribution < 1.29 is 13.5 Å². The smallest absolute Gasteiger partial charge is 0.243 e. The van der Waals surface area contributed by atoms with Crippen LogP contribution in [0.25, 0.3) is 0 Å². The van der Waals surface area contributed by atoms with Crippen LogP contribution in [0.15, 0.2) is 59.5 Å². The Bertz CT molecular complexity index is 692. The van der Waals surface area contributed by atoms with Crippen molar-refractivity contribution in [3.63, 3.8) is 0 Å². The molecule has 0 aliphatic rings. The summed E-state index contributed by atoms with van der Waals surface area (Å²) in [4.78, 5) is 0.250. The van der Waals surface area contributed by atoms with Crippen molar-refractivity contribution in [2.24, 2.45) is 0 Å². The highest BCUT2D eigenvalue weighted by Crippen LogP contribution is 2.24. The van der Waals surface area contributed by atoms with Crippen molar-refractivity contribution in [1.82, 2.24) is 4.31 Å². The van der Waals surface area contributed by atoms with E-state index < -0.39 is 16.1 Å². The molecule has 118 valence electrons. The molecule has 22 heavy (non-hydrogen) atoms. The fraction of sp³-hybridized carbons (Fsp3) is 0.294. The highest BCUT2D eigenvalue weighted by Gasteiger charge is 2.21. The van der Waals surface area contributed by atoms with Crippen LogP contribution in [-0.4, -0.2) is 30.9 Å². The van der Waals surface area contributed by atoms with Gasteiger partial charge in [0.25, 0.3) is 0 Å². The third-order valence-corrected chi connectivity index (χ3v) is 5.72. The Morgan fingerprint density at radius 1 is 0.909 bits per heavy atom. The lowest BCUT2D eigenvalue weighted by Gasteiger charge is -2.19. The molecule has 5 heteroatoms. The Morgan fingerprint density at radius 3 is 1.91 bits per heavy atom. The van der Waals surface area contributed by atoms with Gasteiger partial charge in [-0.2, -0.15) is 4.31 Å². The van der Waals surface area contributed by atoms with Crippen LogP contribution in [0.4, 0.5) is 0 Å². The number of nitrogens with zero attached hydrogens (tertiary/aromatic N) is 1. The molecular weight excluding hydrogens is 298 g/mol. The zero-order chi connectivity index (χ0) is 16.2. The van der Waals surface area contributed by atoms with Crippen molar-refractivity contribution in [3.8, 4) is 0 Å². The second-order valence-electron chi connectivity index (χ2n) is 4.97. The Labute approximate surface area is 132 Å². The van der Waals surface area contributed by atoms with E-state index >= 15 is 0 Å². The molecule has 0 amide bonds. The lowest BCUT2D eigenvalue weighted by atomic mass is 10.0. The molecule has 0 bridgehead atoms. The highest BCUT2D eigenvalue weighted by molar-refractivity contribution is 7.89. The molecule has 0 heterocycles. The summed E-state index contributed by atoms with van der Waals surface area (Å²) in [5, 5.41) is 10.3. The minimum Gasteiger partial charge on any atom is -0.384 e. The van der Waals surface area contributed by atoms with Crippen molar-refractivity contribution in [2.75, 3.05) is 13.1 Å². The first-order valence-corrected chi connectivity index (χ1v) is 8.77. The Hall–Kier alpha value is -1.69. The van der Waals surface area contributed by atoms with E-state index in [1.165, 1.54) is 4.31 Å². The summed E-state index contributed by atoms with van der Waals surface area (Å²) in [5.74, 6) is 0. The number of hydrogen-bond donors (Lipinski definition) is 1. The van der Waals surface area contributed by atoms with Gasteiger partial charge in [0, 0.05) is 13.1 Å². The highest BCUT2D eigenvalue weighted by atomic mass is 32.2. The molecule has 4 nitrogen and oxygen atoms in total. The Kier molecular flexibility index (Phi) is 5.34. The van der Waals surface area contributed by atoms with Gasteiger partial charge in [0.2, 0.25) is 10.0 Å². The maximum atomic E-state index is 12.4. The molecule has 0 saturated heterocycles. The van der Waals surface area contributed by atoms with Gasteiger partial charge >= 0.3 is 0 Å². The number of hydrogen-bond acceptors (Lipinski definition) is 3. The maximum absolute atomic E-state index is 12.4. The number of sulfonamides is 1. The van der Waals surface area contributed by atoms with Crippen molar-refractivity contribution >= 4 is 10.0 Å². The second-order valence-corrected chi connectivity index (χ2v) is 6.91. The van der Waals surface area contributed by atoms with Crippen LogP contribution in [0.3, 0.4) is 0 Å². The zero-order valence-corrected chi connectivity index (χ0v) is 13.6. The first-order chi connectivity index (χ1) is 10.5. The SMILES string of the molecule is CCN(CC)S(=O)(=O)c1ccc([C@H](O)c2ccccc2)cc1. The van der Waals surface area contributed by atoms with Crippen LogP contribution in [0.5, 0.6) is 0 Å². The number of rotatable bonds is 6. The molecule has 2 aromatic rings. The third-order valence-electron chi connectivity index (χ3n) is 3.65. The van der Waals surface area contributed by atoms with Gasteiger partial charge in [-0.15, -0.1) is 0 Å². The first-order valence-electron chi connectivity index (χ1n) is 7.33.